The van der Waals surface area contributed by atoms with Crippen molar-refractivity contribution in [2.45, 2.75) is 20.3 Å². The lowest BCUT2D eigenvalue weighted by molar-refractivity contribution is -0.136. The topological polar surface area (TPSA) is 50.4 Å². The Morgan fingerprint density at radius 3 is 2.64 bits per heavy atom. The molecule has 3 nitrogen and oxygen atoms in total. The average Bonchev–Trinajstić information content (AvgIpc) is 2.09. The zero-order valence-corrected chi connectivity index (χ0v) is 6.55. The fourth-order valence-corrected chi connectivity index (χ4v) is 1.00. The van der Waals surface area contributed by atoms with Crippen LogP contribution in [0.25, 0.3) is 0 Å². The lowest BCUT2D eigenvalue weighted by Crippen LogP contribution is -1.99. The van der Waals surface area contributed by atoms with Crippen molar-refractivity contribution >= 4 is 5.97 Å². The first-order valence-electron chi connectivity index (χ1n) is 3.37. The van der Waals surface area contributed by atoms with E-state index in [-0.39, 0.29) is 6.42 Å². The Morgan fingerprint density at radius 1 is 1.64 bits per heavy atom. The molecule has 1 aromatic heterocycles. The molecule has 0 fully saturated rings. The number of aliphatic carboxylic acids is 1. The van der Waals surface area contributed by atoms with E-state index in [2.05, 4.69) is 0 Å². The Morgan fingerprint density at radius 2 is 2.27 bits per heavy atom. The van der Waals surface area contributed by atoms with Crippen LogP contribution in [0.5, 0.6) is 0 Å². The predicted octanol–water partition coefficient (Wildman–Crippen LogP) is 1.52. The summed E-state index contributed by atoms with van der Waals surface area (Å²) in [5, 5.41) is 8.44. The summed E-state index contributed by atoms with van der Waals surface area (Å²) in [6.45, 7) is 3.65. The highest BCUT2D eigenvalue weighted by Gasteiger charge is 2.08. The number of carbonyl (C=O) groups is 1. The Hall–Kier alpha value is -1.25. The molecule has 0 atom stereocenters. The molecule has 0 aliphatic carbocycles. The highest BCUT2D eigenvalue weighted by molar-refractivity contribution is 5.69. The maximum absolute atomic E-state index is 10.3. The molecule has 1 aromatic rings. The predicted molar refractivity (Wildman–Crippen MR) is 39.5 cm³/mol. The van der Waals surface area contributed by atoms with Gasteiger partial charge in [-0.25, -0.2) is 0 Å². The lowest BCUT2D eigenvalue weighted by atomic mass is 10.2. The first-order chi connectivity index (χ1) is 5.09. The van der Waals surface area contributed by atoms with Gasteiger partial charge >= 0.3 is 5.97 Å². The van der Waals surface area contributed by atoms with Gasteiger partial charge in [0.2, 0.25) is 0 Å². The molecule has 11 heavy (non-hydrogen) atoms. The molecule has 0 amide bonds. The summed E-state index contributed by atoms with van der Waals surface area (Å²) in [5.41, 5.74) is 0.907. The normalized spacial score (nSPS) is 10.0. The van der Waals surface area contributed by atoms with Crippen LogP contribution in [0.4, 0.5) is 0 Å². The van der Waals surface area contributed by atoms with E-state index in [1.807, 2.05) is 13.0 Å². The van der Waals surface area contributed by atoms with Gasteiger partial charge in [-0.05, 0) is 25.5 Å². The third kappa shape index (κ3) is 1.83. The highest BCUT2D eigenvalue weighted by atomic mass is 16.4. The van der Waals surface area contributed by atoms with Gasteiger partial charge in [0.1, 0.15) is 17.9 Å². The van der Waals surface area contributed by atoms with Crippen molar-refractivity contribution in [2.24, 2.45) is 0 Å². The van der Waals surface area contributed by atoms with Gasteiger partial charge in [0.15, 0.2) is 0 Å². The Labute approximate surface area is 64.6 Å². The van der Waals surface area contributed by atoms with Gasteiger partial charge < -0.3 is 9.52 Å². The summed E-state index contributed by atoms with van der Waals surface area (Å²) < 4.78 is 5.14. The minimum atomic E-state index is -0.859. The first kappa shape index (κ1) is 7.85. The number of aryl methyl sites for hydroxylation is 2. The number of rotatable bonds is 2. The van der Waals surface area contributed by atoms with Crippen molar-refractivity contribution in [1.82, 2.24) is 0 Å². The van der Waals surface area contributed by atoms with E-state index in [1.54, 1.807) is 6.92 Å². The summed E-state index contributed by atoms with van der Waals surface area (Å²) >= 11 is 0. The minimum Gasteiger partial charge on any atom is -0.481 e. The molecular weight excluding hydrogens is 144 g/mol. The zero-order chi connectivity index (χ0) is 8.43. The van der Waals surface area contributed by atoms with Gasteiger partial charge in [-0.1, -0.05) is 0 Å². The summed E-state index contributed by atoms with van der Waals surface area (Å²) in [6, 6.07) is 1.83. The van der Waals surface area contributed by atoms with Crippen molar-refractivity contribution in [3.8, 4) is 0 Å². The molecule has 1 N–H and O–H groups in total. The molecule has 0 spiro atoms. The van der Waals surface area contributed by atoms with Crippen molar-refractivity contribution in [2.75, 3.05) is 0 Å². The fourth-order valence-electron chi connectivity index (χ4n) is 1.00. The van der Waals surface area contributed by atoms with Gasteiger partial charge in [0.05, 0.1) is 0 Å². The maximum Gasteiger partial charge on any atom is 0.311 e. The molecule has 0 aromatic carbocycles. The van der Waals surface area contributed by atoms with Crippen LogP contribution >= 0.6 is 0 Å². The third-order valence-electron chi connectivity index (χ3n) is 1.46. The third-order valence-corrected chi connectivity index (χ3v) is 1.46. The minimum absolute atomic E-state index is 0.0281. The van der Waals surface area contributed by atoms with Crippen LogP contribution in [0.3, 0.4) is 0 Å². The molecule has 0 bridgehead atoms. The van der Waals surface area contributed by atoms with Crippen molar-refractivity contribution in [1.29, 1.82) is 0 Å². The number of furan rings is 1. The Balaban J connectivity index is 2.85. The Bertz CT molecular complexity index is 273. The van der Waals surface area contributed by atoms with E-state index in [1.165, 1.54) is 0 Å². The zero-order valence-electron chi connectivity index (χ0n) is 6.55. The molecule has 1 heterocycles. The van der Waals surface area contributed by atoms with Crippen LogP contribution in [0, 0.1) is 13.8 Å². The van der Waals surface area contributed by atoms with E-state index in [9.17, 15) is 4.79 Å². The molecule has 0 saturated heterocycles. The van der Waals surface area contributed by atoms with E-state index in [0.717, 1.165) is 11.3 Å². The number of hydrogen-bond acceptors (Lipinski definition) is 2. The Kier molecular flexibility index (Phi) is 1.98. The van der Waals surface area contributed by atoms with Crippen LogP contribution in [0.2, 0.25) is 0 Å². The van der Waals surface area contributed by atoms with Crippen LogP contribution in [-0.4, -0.2) is 11.1 Å². The van der Waals surface area contributed by atoms with Gasteiger partial charge in [0.25, 0.3) is 0 Å². The molecule has 60 valence electrons. The van der Waals surface area contributed by atoms with Crippen molar-refractivity contribution in [3.05, 3.63) is 23.2 Å². The SMILES string of the molecule is Cc1cc(C)c(CC(=O)O)o1. The first-order valence-corrected chi connectivity index (χ1v) is 3.37. The van der Waals surface area contributed by atoms with Gasteiger partial charge in [-0.15, -0.1) is 0 Å². The molecular formula is C8H10O3. The van der Waals surface area contributed by atoms with E-state index in [0.29, 0.717) is 5.76 Å². The largest absolute Gasteiger partial charge is 0.481 e. The van der Waals surface area contributed by atoms with Crippen LogP contribution in [0.1, 0.15) is 17.1 Å². The van der Waals surface area contributed by atoms with Crippen LogP contribution in [-0.2, 0) is 11.2 Å². The molecule has 0 radical (unpaired) electrons. The quantitative estimate of drug-likeness (QED) is 0.702. The van der Waals surface area contributed by atoms with Gasteiger partial charge in [-0.2, -0.15) is 0 Å². The summed E-state index contributed by atoms with van der Waals surface area (Å²) in [7, 11) is 0. The number of hydrogen-bond donors (Lipinski definition) is 1. The summed E-state index contributed by atoms with van der Waals surface area (Å²) in [5.74, 6) is 0.455. The number of carboxylic acids is 1. The lowest BCUT2D eigenvalue weighted by Gasteiger charge is -1.91. The smallest absolute Gasteiger partial charge is 0.311 e. The summed E-state index contributed by atoms with van der Waals surface area (Å²) in [6.07, 6.45) is -0.0281. The molecule has 1 rings (SSSR count). The molecule has 0 unspecified atom stereocenters. The van der Waals surface area contributed by atoms with Crippen LogP contribution in [0.15, 0.2) is 10.5 Å². The number of carboxylic acid groups (broad SMARTS) is 1. The van der Waals surface area contributed by atoms with Crippen LogP contribution < -0.4 is 0 Å². The molecule has 0 saturated carbocycles. The highest BCUT2D eigenvalue weighted by Crippen LogP contribution is 2.13. The molecule has 0 aliphatic heterocycles. The van der Waals surface area contributed by atoms with E-state index >= 15 is 0 Å². The standard InChI is InChI=1S/C8H10O3/c1-5-3-6(2)11-7(5)4-8(9)10/h3H,4H2,1-2H3,(H,9,10). The second-order valence-corrected chi connectivity index (χ2v) is 2.53. The van der Waals surface area contributed by atoms with Gasteiger partial charge in [0, 0.05) is 0 Å². The summed E-state index contributed by atoms with van der Waals surface area (Å²) in [4.78, 5) is 10.3. The van der Waals surface area contributed by atoms with Gasteiger partial charge in [-0.3, -0.25) is 4.79 Å². The second-order valence-electron chi connectivity index (χ2n) is 2.53. The van der Waals surface area contributed by atoms with Crippen molar-refractivity contribution < 1.29 is 14.3 Å². The van der Waals surface area contributed by atoms with E-state index < -0.39 is 5.97 Å². The monoisotopic (exact) mass is 154 g/mol. The maximum atomic E-state index is 10.3. The van der Waals surface area contributed by atoms with Crippen molar-refractivity contribution in [3.63, 3.8) is 0 Å². The molecule has 0 aliphatic rings. The second kappa shape index (κ2) is 2.78. The molecule has 3 heteroatoms. The fraction of sp³-hybridized carbons (Fsp3) is 0.375. The average molecular weight is 154 g/mol. The van der Waals surface area contributed by atoms with E-state index in [4.69, 9.17) is 9.52 Å².